The number of aliphatic hydroxyl groups is 1. The second-order valence-electron chi connectivity index (χ2n) is 4.84. The van der Waals surface area contributed by atoms with Crippen molar-refractivity contribution in [3.63, 3.8) is 0 Å². The standard InChI is InChI=1S/C14H21BrN2O2/c1-9(8-18)10(2)16-14(19)17-11(3)12-5-4-6-13(15)7-12/h4-7,9-11,18H,8H2,1-3H3,(H2,16,17,19). The van der Waals surface area contributed by atoms with Gasteiger partial charge in [0, 0.05) is 17.1 Å². The van der Waals surface area contributed by atoms with E-state index >= 15 is 0 Å². The topological polar surface area (TPSA) is 61.4 Å². The summed E-state index contributed by atoms with van der Waals surface area (Å²) < 4.78 is 0.987. The molecule has 19 heavy (non-hydrogen) atoms. The van der Waals surface area contributed by atoms with Crippen LogP contribution < -0.4 is 10.6 Å². The van der Waals surface area contributed by atoms with Crippen molar-refractivity contribution < 1.29 is 9.90 Å². The zero-order valence-electron chi connectivity index (χ0n) is 11.5. The van der Waals surface area contributed by atoms with Crippen LogP contribution in [0.4, 0.5) is 4.79 Å². The van der Waals surface area contributed by atoms with Gasteiger partial charge in [0.25, 0.3) is 0 Å². The van der Waals surface area contributed by atoms with E-state index < -0.39 is 0 Å². The second-order valence-corrected chi connectivity index (χ2v) is 5.76. The van der Waals surface area contributed by atoms with Gasteiger partial charge in [-0.3, -0.25) is 0 Å². The highest BCUT2D eigenvalue weighted by atomic mass is 79.9. The number of rotatable bonds is 5. The quantitative estimate of drug-likeness (QED) is 0.778. The van der Waals surface area contributed by atoms with Crippen molar-refractivity contribution in [2.45, 2.75) is 32.9 Å². The van der Waals surface area contributed by atoms with Gasteiger partial charge in [-0.2, -0.15) is 0 Å². The third-order valence-electron chi connectivity index (χ3n) is 3.20. The first-order valence-corrected chi connectivity index (χ1v) is 7.16. The molecule has 3 N–H and O–H groups in total. The number of benzene rings is 1. The molecule has 0 aromatic heterocycles. The number of carbonyl (C=O) groups excluding carboxylic acids is 1. The maximum absolute atomic E-state index is 11.8. The first kappa shape index (κ1) is 16.0. The molecule has 106 valence electrons. The molecule has 2 amide bonds. The SMILES string of the molecule is CC(NC(=O)NC(C)C(C)CO)c1cccc(Br)c1. The van der Waals surface area contributed by atoms with Gasteiger partial charge >= 0.3 is 6.03 Å². The predicted molar refractivity (Wildman–Crippen MR) is 79.9 cm³/mol. The van der Waals surface area contributed by atoms with E-state index in [-0.39, 0.29) is 30.6 Å². The molecule has 0 radical (unpaired) electrons. The smallest absolute Gasteiger partial charge is 0.315 e. The third-order valence-corrected chi connectivity index (χ3v) is 3.69. The lowest BCUT2D eigenvalue weighted by atomic mass is 10.1. The van der Waals surface area contributed by atoms with Gasteiger partial charge in [0.1, 0.15) is 0 Å². The van der Waals surface area contributed by atoms with Gasteiger partial charge in [0.2, 0.25) is 0 Å². The molecule has 1 aromatic carbocycles. The second kappa shape index (κ2) is 7.50. The van der Waals surface area contributed by atoms with Crippen LogP contribution in [-0.2, 0) is 0 Å². The number of hydrogen-bond donors (Lipinski definition) is 3. The number of urea groups is 1. The minimum Gasteiger partial charge on any atom is -0.396 e. The summed E-state index contributed by atoms with van der Waals surface area (Å²) in [6, 6.07) is 7.46. The van der Waals surface area contributed by atoms with Crippen LogP contribution in [0.3, 0.4) is 0 Å². The van der Waals surface area contributed by atoms with Gasteiger partial charge in [0.05, 0.1) is 6.04 Å². The minimum absolute atomic E-state index is 0.0342. The van der Waals surface area contributed by atoms with Crippen LogP contribution in [0.5, 0.6) is 0 Å². The molecule has 3 unspecified atom stereocenters. The molecule has 0 bridgehead atoms. The highest BCUT2D eigenvalue weighted by Gasteiger charge is 2.15. The average Bonchev–Trinajstić information content (AvgIpc) is 2.37. The molecule has 3 atom stereocenters. The summed E-state index contributed by atoms with van der Waals surface area (Å²) in [6.45, 7) is 5.76. The van der Waals surface area contributed by atoms with Crippen molar-refractivity contribution in [3.8, 4) is 0 Å². The number of nitrogens with one attached hydrogen (secondary N) is 2. The molecular weight excluding hydrogens is 308 g/mol. The molecule has 0 saturated heterocycles. The van der Waals surface area contributed by atoms with Crippen molar-refractivity contribution in [3.05, 3.63) is 34.3 Å². The summed E-state index contributed by atoms with van der Waals surface area (Å²) in [5, 5.41) is 14.7. The molecule has 4 nitrogen and oxygen atoms in total. The summed E-state index contributed by atoms with van der Waals surface area (Å²) in [5.41, 5.74) is 1.03. The van der Waals surface area contributed by atoms with E-state index in [0.717, 1.165) is 10.0 Å². The Labute approximate surface area is 122 Å². The van der Waals surface area contributed by atoms with E-state index in [0.29, 0.717) is 0 Å². The van der Waals surface area contributed by atoms with Crippen molar-refractivity contribution in [2.24, 2.45) is 5.92 Å². The Morgan fingerprint density at radius 2 is 2.00 bits per heavy atom. The van der Waals surface area contributed by atoms with Gasteiger partial charge in [-0.05, 0) is 37.5 Å². The normalized spacial score (nSPS) is 15.4. The van der Waals surface area contributed by atoms with E-state index in [1.54, 1.807) is 0 Å². The molecule has 0 spiro atoms. The van der Waals surface area contributed by atoms with Crippen LogP contribution >= 0.6 is 15.9 Å². The van der Waals surface area contributed by atoms with E-state index in [9.17, 15) is 4.79 Å². The maximum Gasteiger partial charge on any atom is 0.315 e. The summed E-state index contributed by atoms with van der Waals surface area (Å²) in [6.07, 6.45) is 0. The van der Waals surface area contributed by atoms with E-state index in [4.69, 9.17) is 5.11 Å². The Balaban J connectivity index is 2.53. The van der Waals surface area contributed by atoms with Gasteiger partial charge < -0.3 is 15.7 Å². The van der Waals surface area contributed by atoms with Crippen LogP contribution in [0.25, 0.3) is 0 Å². The molecule has 1 rings (SSSR count). The molecule has 0 aliphatic rings. The molecule has 0 heterocycles. The molecule has 0 saturated carbocycles. The van der Waals surface area contributed by atoms with Crippen molar-refractivity contribution >= 4 is 22.0 Å². The molecule has 0 fully saturated rings. The average molecular weight is 329 g/mol. The van der Waals surface area contributed by atoms with Gasteiger partial charge in [0.15, 0.2) is 0 Å². The fourth-order valence-corrected chi connectivity index (χ4v) is 2.02. The zero-order chi connectivity index (χ0) is 14.4. The first-order chi connectivity index (χ1) is 8.93. The number of carbonyl (C=O) groups is 1. The number of aliphatic hydroxyl groups excluding tert-OH is 1. The first-order valence-electron chi connectivity index (χ1n) is 6.37. The van der Waals surface area contributed by atoms with Crippen molar-refractivity contribution in [1.29, 1.82) is 0 Å². The third kappa shape index (κ3) is 5.20. The fraction of sp³-hybridized carbons (Fsp3) is 0.500. The summed E-state index contributed by atoms with van der Waals surface area (Å²) in [7, 11) is 0. The van der Waals surface area contributed by atoms with E-state index in [2.05, 4.69) is 26.6 Å². The number of amides is 2. The molecular formula is C14H21BrN2O2. The van der Waals surface area contributed by atoms with E-state index in [1.165, 1.54) is 0 Å². The van der Waals surface area contributed by atoms with Crippen LogP contribution in [-0.4, -0.2) is 23.8 Å². The van der Waals surface area contributed by atoms with Crippen LogP contribution in [0.15, 0.2) is 28.7 Å². The Morgan fingerprint density at radius 1 is 1.32 bits per heavy atom. The Morgan fingerprint density at radius 3 is 2.58 bits per heavy atom. The molecule has 5 heteroatoms. The lowest BCUT2D eigenvalue weighted by molar-refractivity contribution is 0.199. The molecule has 0 aliphatic heterocycles. The highest BCUT2D eigenvalue weighted by Crippen LogP contribution is 2.17. The Kier molecular flexibility index (Phi) is 6.31. The van der Waals surface area contributed by atoms with Crippen molar-refractivity contribution in [2.75, 3.05) is 6.61 Å². The predicted octanol–water partition coefficient (Wildman–Crippen LogP) is 2.83. The minimum atomic E-state index is -0.222. The van der Waals surface area contributed by atoms with Crippen LogP contribution in [0.2, 0.25) is 0 Å². The fourth-order valence-electron chi connectivity index (χ4n) is 1.60. The largest absolute Gasteiger partial charge is 0.396 e. The Bertz CT molecular complexity index is 426. The van der Waals surface area contributed by atoms with Crippen LogP contribution in [0, 0.1) is 5.92 Å². The van der Waals surface area contributed by atoms with E-state index in [1.807, 2.05) is 45.0 Å². The van der Waals surface area contributed by atoms with Crippen molar-refractivity contribution in [1.82, 2.24) is 10.6 Å². The lowest BCUT2D eigenvalue weighted by Gasteiger charge is -2.21. The highest BCUT2D eigenvalue weighted by molar-refractivity contribution is 9.10. The summed E-state index contributed by atoms with van der Waals surface area (Å²) in [4.78, 5) is 11.8. The summed E-state index contributed by atoms with van der Waals surface area (Å²) >= 11 is 3.41. The molecule has 0 aliphatic carbocycles. The van der Waals surface area contributed by atoms with Gasteiger partial charge in [-0.1, -0.05) is 35.0 Å². The lowest BCUT2D eigenvalue weighted by Crippen LogP contribution is -2.44. The maximum atomic E-state index is 11.8. The van der Waals surface area contributed by atoms with Gasteiger partial charge in [-0.25, -0.2) is 4.79 Å². The van der Waals surface area contributed by atoms with Crippen LogP contribution in [0.1, 0.15) is 32.4 Å². The Hall–Kier alpha value is -1.07. The zero-order valence-corrected chi connectivity index (χ0v) is 13.1. The summed E-state index contributed by atoms with van der Waals surface area (Å²) in [5.74, 6) is 0.0342. The monoisotopic (exact) mass is 328 g/mol. The molecule has 1 aromatic rings. The number of halogens is 1. The number of hydrogen-bond acceptors (Lipinski definition) is 2. The van der Waals surface area contributed by atoms with Gasteiger partial charge in [-0.15, -0.1) is 0 Å².